The molecule has 0 saturated heterocycles. The number of rotatable bonds is 6. The number of nitrogens with one attached hydrogen (secondary N) is 1. The largest absolute Gasteiger partial charge is 0.373 e. The molecule has 0 bridgehead atoms. The number of fused-ring (bicyclic) bond motifs is 1. The molecule has 0 spiro atoms. The summed E-state index contributed by atoms with van der Waals surface area (Å²) < 4.78 is 0. The molecule has 110 valence electrons. The van der Waals surface area contributed by atoms with E-state index in [0.29, 0.717) is 0 Å². The number of likely N-dealkylation sites (N-methyl/N-ethyl adjacent to an activating group) is 1. The van der Waals surface area contributed by atoms with Gasteiger partial charge in [0.15, 0.2) is 0 Å². The van der Waals surface area contributed by atoms with Gasteiger partial charge in [-0.05, 0) is 45.6 Å². The monoisotopic (exact) mass is 275 g/mol. The average molecular weight is 275 g/mol. The van der Waals surface area contributed by atoms with E-state index in [1.165, 1.54) is 5.56 Å². The second kappa shape index (κ2) is 6.75. The quantitative estimate of drug-likeness (QED) is 0.860. The van der Waals surface area contributed by atoms with Crippen molar-refractivity contribution in [1.29, 1.82) is 0 Å². The van der Waals surface area contributed by atoms with E-state index in [1.54, 1.807) is 0 Å². The molecule has 1 atom stereocenters. The summed E-state index contributed by atoms with van der Waals surface area (Å²) in [6.07, 6.45) is 1.82. The van der Waals surface area contributed by atoms with E-state index in [1.807, 2.05) is 23.1 Å². The summed E-state index contributed by atoms with van der Waals surface area (Å²) in [6.45, 7) is 4.68. The zero-order valence-electron chi connectivity index (χ0n) is 12.7. The molecular weight excluding hydrogens is 250 g/mol. The molecule has 1 amide bonds. The lowest BCUT2D eigenvalue weighted by atomic mass is 10.1. The van der Waals surface area contributed by atoms with Crippen molar-refractivity contribution in [2.24, 2.45) is 0 Å². The van der Waals surface area contributed by atoms with Crippen LogP contribution in [0.15, 0.2) is 24.3 Å². The van der Waals surface area contributed by atoms with Crippen molar-refractivity contribution in [3.05, 3.63) is 29.8 Å². The molecule has 1 heterocycles. The molecule has 0 fully saturated rings. The van der Waals surface area contributed by atoms with E-state index in [0.717, 1.165) is 38.2 Å². The van der Waals surface area contributed by atoms with E-state index >= 15 is 0 Å². The maximum absolute atomic E-state index is 12.6. The van der Waals surface area contributed by atoms with Gasteiger partial charge in [-0.2, -0.15) is 0 Å². The Balaban J connectivity index is 1.90. The lowest BCUT2D eigenvalue weighted by Gasteiger charge is -2.25. The van der Waals surface area contributed by atoms with Crippen LogP contribution < -0.4 is 5.32 Å². The Morgan fingerprint density at radius 3 is 2.70 bits per heavy atom. The molecule has 0 aromatic heterocycles. The Bertz CT molecular complexity index is 434. The molecule has 1 aliphatic heterocycles. The van der Waals surface area contributed by atoms with E-state index in [9.17, 15) is 4.79 Å². The van der Waals surface area contributed by atoms with Crippen molar-refractivity contribution in [3.8, 4) is 0 Å². The molecular formula is C16H25N3O. The van der Waals surface area contributed by atoms with Crippen LogP contribution in [0.3, 0.4) is 0 Å². The van der Waals surface area contributed by atoms with Gasteiger partial charge in [-0.25, -0.2) is 0 Å². The predicted octanol–water partition coefficient (Wildman–Crippen LogP) is 1.82. The molecule has 2 rings (SSSR count). The fraction of sp³-hybridized carbons (Fsp3) is 0.562. The number of hydrogen-bond donors (Lipinski definition) is 1. The normalized spacial score (nSPS) is 16.9. The minimum Gasteiger partial charge on any atom is -0.373 e. The van der Waals surface area contributed by atoms with Crippen molar-refractivity contribution in [2.45, 2.75) is 25.8 Å². The van der Waals surface area contributed by atoms with Crippen LogP contribution >= 0.6 is 0 Å². The Morgan fingerprint density at radius 1 is 1.30 bits per heavy atom. The molecule has 1 aromatic rings. The van der Waals surface area contributed by atoms with E-state index in [4.69, 9.17) is 0 Å². The molecule has 0 radical (unpaired) electrons. The van der Waals surface area contributed by atoms with Crippen molar-refractivity contribution < 1.29 is 4.79 Å². The fourth-order valence-electron chi connectivity index (χ4n) is 2.67. The molecule has 1 N–H and O–H groups in total. The van der Waals surface area contributed by atoms with Gasteiger partial charge in [0.05, 0.1) is 0 Å². The molecule has 1 aliphatic rings. The van der Waals surface area contributed by atoms with Gasteiger partial charge in [-0.1, -0.05) is 18.2 Å². The highest BCUT2D eigenvalue weighted by atomic mass is 16.2. The Hall–Kier alpha value is -1.55. The Kier molecular flexibility index (Phi) is 5.01. The highest BCUT2D eigenvalue weighted by molar-refractivity contribution is 5.87. The molecule has 20 heavy (non-hydrogen) atoms. The average Bonchev–Trinajstić information content (AvgIpc) is 2.86. The molecule has 0 unspecified atom stereocenters. The zero-order valence-corrected chi connectivity index (χ0v) is 12.7. The van der Waals surface area contributed by atoms with Crippen LogP contribution in [-0.2, 0) is 11.2 Å². The van der Waals surface area contributed by atoms with Crippen LogP contribution in [0.1, 0.15) is 18.9 Å². The van der Waals surface area contributed by atoms with Crippen molar-refractivity contribution in [1.82, 2.24) is 9.80 Å². The lowest BCUT2D eigenvalue weighted by Crippen LogP contribution is -2.43. The van der Waals surface area contributed by atoms with Crippen molar-refractivity contribution in [3.63, 3.8) is 0 Å². The minimum absolute atomic E-state index is 0.0910. The number of hydrogen-bond acceptors (Lipinski definition) is 3. The number of para-hydroxylation sites is 1. The van der Waals surface area contributed by atoms with E-state index in [-0.39, 0.29) is 11.9 Å². The highest BCUT2D eigenvalue weighted by Gasteiger charge is 2.29. The van der Waals surface area contributed by atoms with Gasteiger partial charge >= 0.3 is 0 Å². The zero-order chi connectivity index (χ0) is 14.5. The molecule has 1 aromatic carbocycles. The molecule has 4 heteroatoms. The highest BCUT2D eigenvalue weighted by Crippen LogP contribution is 2.26. The summed E-state index contributed by atoms with van der Waals surface area (Å²) in [5.41, 5.74) is 2.35. The first-order valence-electron chi connectivity index (χ1n) is 7.39. The summed E-state index contributed by atoms with van der Waals surface area (Å²) in [5, 5.41) is 3.35. The number of carbonyl (C=O) groups is 1. The van der Waals surface area contributed by atoms with Crippen molar-refractivity contribution in [2.75, 3.05) is 39.0 Å². The third-order valence-corrected chi connectivity index (χ3v) is 3.80. The number of anilines is 1. The van der Waals surface area contributed by atoms with Gasteiger partial charge < -0.3 is 15.1 Å². The second-order valence-corrected chi connectivity index (χ2v) is 5.63. The van der Waals surface area contributed by atoms with Gasteiger partial charge in [0.25, 0.3) is 0 Å². The minimum atomic E-state index is -0.0910. The molecule has 0 aliphatic carbocycles. The van der Waals surface area contributed by atoms with Gasteiger partial charge in [-0.15, -0.1) is 0 Å². The third-order valence-electron chi connectivity index (χ3n) is 3.80. The van der Waals surface area contributed by atoms with Crippen LogP contribution in [0.2, 0.25) is 0 Å². The summed E-state index contributed by atoms with van der Waals surface area (Å²) in [5.74, 6) is 0.224. The maximum Gasteiger partial charge on any atom is 0.245 e. The lowest BCUT2D eigenvalue weighted by molar-refractivity contribution is -0.131. The van der Waals surface area contributed by atoms with Crippen LogP contribution in [0, 0.1) is 0 Å². The number of carbonyl (C=O) groups excluding carboxylic acids is 1. The van der Waals surface area contributed by atoms with Gasteiger partial charge in [0, 0.05) is 25.2 Å². The van der Waals surface area contributed by atoms with Gasteiger partial charge in [0.2, 0.25) is 5.91 Å². The van der Waals surface area contributed by atoms with E-state index < -0.39 is 0 Å². The topological polar surface area (TPSA) is 35.6 Å². The second-order valence-electron chi connectivity index (χ2n) is 5.63. The summed E-state index contributed by atoms with van der Waals surface area (Å²) in [4.78, 5) is 16.7. The molecule has 0 saturated carbocycles. The fourth-order valence-corrected chi connectivity index (χ4v) is 2.67. The van der Waals surface area contributed by atoms with Crippen molar-refractivity contribution >= 4 is 11.6 Å². The Labute approximate surface area is 121 Å². The van der Waals surface area contributed by atoms with Crippen LogP contribution in [0.5, 0.6) is 0 Å². The number of amides is 1. The smallest absolute Gasteiger partial charge is 0.245 e. The molecule has 4 nitrogen and oxygen atoms in total. The summed E-state index contributed by atoms with van der Waals surface area (Å²) in [6, 6.07) is 8.09. The predicted molar refractivity (Wildman–Crippen MR) is 83.0 cm³/mol. The summed E-state index contributed by atoms with van der Waals surface area (Å²) >= 11 is 0. The number of benzene rings is 1. The first-order chi connectivity index (χ1) is 9.61. The number of nitrogens with zero attached hydrogens (tertiary/aromatic N) is 2. The SMILES string of the molecule is CCN(CCCN(C)C)C(=O)[C@@H]1Cc2ccccc2N1. The summed E-state index contributed by atoms with van der Waals surface area (Å²) in [7, 11) is 4.13. The standard InChI is InChI=1S/C16H25N3O/c1-4-19(11-7-10-18(2)3)16(20)15-12-13-8-5-6-9-14(13)17-15/h5-6,8-9,15,17H,4,7,10-12H2,1-3H3/t15-/m0/s1. The van der Waals surface area contributed by atoms with Crippen LogP contribution in [0.4, 0.5) is 5.69 Å². The Morgan fingerprint density at radius 2 is 2.05 bits per heavy atom. The van der Waals surface area contributed by atoms with E-state index in [2.05, 4.69) is 37.3 Å². The van der Waals surface area contributed by atoms with Crippen LogP contribution in [-0.4, -0.2) is 55.5 Å². The van der Waals surface area contributed by atoms with Gasteiger partial charge in [0.1, 0.15) is 6.04 Å². The first kappa shape index (κ1) is 14.9. The van der Waals surface area contributed by atoms with Crippen LogP contribution in [0.25, 0.3) is 0 Å². The first-order valence-corrected chi connectivity index (χ1v) is 7.39. The third kappa shape index (κ3) is 3.51. The van der Waals surface area contributed by atoms with Gasteiger partial charge in [-0.3, -0.25) is 4.79 Å². The maximum atomic E-state index is 12.6.